The first-order valence-corrected chi connectivity index (χ1v) is 7.41. The summed E-state index contributed by atoms with van der Waals surface area (Å²) in [6.07, 6.45) is 2.00. The molecule has 0 saturated heterocycles. The second-order valence-electron chi connectivity index (χ2n) is 5.57. The minimum Gasteiger partial charge on any atom is -0.388 e. The number of benzene rings is 2. The molecule has 1 aromatic heterocycles. The molecule has 3 rings (SSSR count). The average Bonchev–Trinajstić information content (AvgIpc) is 2.94. The van der Waals surface area contributed by atoms with Crippen LogP contribution < -0.4 is 0 Å². The molecule has 1 heterocycles. The van der Waals surface area contributed by atoms with Gasteiger partial charge in [0.05, 0.1) is 17.7 Å². The van der Waals surface area contributed by atoms with Crippen molar-refractivity contribution < 1.29 is 5.11 Å². The molecule has 0 amide bonds. The van der Waals surface area contributed by atoms with Crippen molar-refractivity contribution in [3.63, 3.8) is 0 Å². The maximum Gasteiger partial charge on any atom is 0.0995 e. The first-order chi connectivity index (χ1) is 10.7. The topological polar surface area (TPSA) is 49.0 Å². The molecule has 0 bridgehead atoms. The summed E-state index contributed by atoms with van der Waals surface area (Å²) in [6.45, 7) is 2.80. The van der Waals surface area contributed by atoms with E-state index in [1.807, 2.05) is 24.4 Å². The normalized spacial score (nSPS) is 12.2. The van der Waals surface area contributed by atoms with Crippen LogP contribution >= 0.6 is 0 Å². The van der Waals surface area contributed by atoms with E-state index < -0.39 is 6.10 Å². The van der Waals surface area contributed by atoms with Crippen LogP contribution in [0.25, 0.3) is 10.9 Å². The number of aryl methyl sites for hydroxylation is 2. The van der Waals surface area contributed by atoms with Crippen molar-refractivity contribution >= 4 is 10.9 Å². The van der Waals surface area contributed by atoms with Crippen molar-refractivity contribution in [1.82, 2.24) is 4.57 Å². The minimum atomic E-state index is -0.626. The molecule has 0 aliphatic rings. The Balaban J connectivity index is 1.78. The van der Waals surface area contributed by atoms with Crippen LogP contribution in [0, 0.1) is 18.3 Å². The molecule has 0 saturated carbocycles. The van der Waals surface area contributed by atoms with E-state index >= 15 is 0 Å². The number of hydrogen-bond donors (Lipinski definition) is 1. The lowest BCUT2D eigenvalue weighted by atomic mass is 10.0. The van der Waals surface area contributed by atoms with Crippen molar-refractivity contribution in [3.8, 4) is 6.07 Å². The third-order valence-electron chi connectivity index (χ3n) is 4.01. The van der Waals surface area contributed by atoms with Crippen molar-refractivity contribution in [2.75, 3.05) is 0 Å². The van der Waals surface area contributed by atoms with Crippen LogP contribution in [0.3, 0.4) is 0 Å². The number of rotatable bonds is 4. The second-order valence-corrected chi connectivity index (χ2v) is 5.57. The molecule has 1 unspecified atom stereocenters. The molecule has 0 aliphatic carbocycles. The summed E-state index contributed by atoms with van der Waals surface area (Å²) in [5.41, 5.74) is 3.67. The lowest BCUT2D eigenvalue weighted by molar-refractivity contribution is 0.161. The summed E-state index contributed by atoms with van der Waals surface area (Å²) in [6, 6.07) is 17.8. The van der Waals surface area contributed by atoms with Crippen molar-refractivity contribution in [2.24, 2.45) is 0 Å². The van der Waals surface area contributed by atoms with Crippen molar-refractivity contribution in [3.05, 3.63) is 71.4 Å². The summed E-state index contributed by atoms with van der Waals surface area (Å²) in [7, 11) is 0. The van der Waals surface area contributed by atoms with Crippen LogP contribution in [0.2, 0.25) is 0 Å². The van der Waals surface area contributed by atoms with Gasteiger partial charge in [-0.3, -0.25) is 0 Å². The highest BCUT2D eigenvalue weighted by Gasteiger charge is 2.12. The van der Waals surface area contributed by atoms with Crippen LogP contribution in [0.1, 0.15) is 29.2 Å². The third-order valence-corrected chi connectivity index (χ3v) is 4.01. The van der Waals surface area contributed by atoms with Gasteiger partial charge >= 0.3 is 0 Å². The molecule has 0 radical (unpaired) electrons. The molecular weight excluding hydrogens is 272 g/mol. The number of aliphatic hydroxyl groups excluding tert-OH is 1. The zero-order valence-corrected chi connectivity index (χ0v) is 12.5. The van der Waals surface area contributed by atoms with E-state index in [1.165, 1.54) is 16.5 Å². The first kappa shape index (κ1) is 14.4. The van der Waals surface area contributed by atoms with Crippen LogP contribution in [0.4, 0.5) is 0 Å². The maximum absolute atomic E-state index is 10.4. The summed E-state index contributed by atoms with van der Waals surface area (Å²) >= 11 is 0. The van der Waals surface area contributed by atoms with Crippen LogP contribution in [0.5, 0.6) is 0 Å². The van der Waals surface area contributed by atoms with Gasteiger partial charge in [-0.25, -0.2) is 0 Å². The van der Waals surface area contributed by atoms with E-state index in [1.54, 1.807) is 6.07 Å². The van der Waals surface area contributed by atoms with Gasteiger partial charge in [-0.1, -0.05) is 29.8 Å². The largest absolute Gasteiger partial charge is 0.388 e. The number of aromatic nitrogens is 1. The fourth-order valence-electron chi connectivity index (χ4n) is 2.82. The van der Waals surface area contributed by atoms with Gasteiger partial charge in [-0.2, -0.15) is 5.26 Å². The van der Waals surface area contributed by atoms with E-state index in [0.29, 0.717) is 24.1 Å². The summed E-state index contributed by atoms with van der Waals surface area (Å²) in [4.78, 5) is 0. The molecule has 3 aromatic rings. The summed E-state index contributed by atoms with van der Waals surface area (Å²) < 4.78 is 2.15. The highest BCUT2D eigenvalue weighted by Crippen LogP contribution is 2.23. The Kier molecular flexibility index (Phi) is 3.95. The van der Waals surface area contributed by atoms with Gasteiger partial charge in [0.15, 0.2) is 0 Å². The Bertz CT molecular complexity index is 842. The lowest BCUT2D eigenvalue weighted by Crippen LogP contribution is -2.05. The van der Waals surface area contributed by atoms with E-state index in [-0.39, 0.29) is 0 Å². The molecule has 22 heavy (non-hydrogen) atoms. The number of aliphatic hydroxyl groups is 1. The smallest absolute Gasteiger partial charge is 0.0995 e. The fourth-order valence-corrected chi connectivity index (χ4v) is 2.82. The predicted molar refractivity (Wildman–Crippen MR) is 87.4 cm³/mol. The van der Waals surface area contributed by atoms with Crippen molar-refractivity contribution in [1.29, 1.82) is 5.26 Å². The molecule has 0 spiro atoms. The molecule has 3 heteroatoms. The number of nitrogens with zero attached hydrogens (tertiary/aromatic N) is 2. The Hall–Kier alpha value is -2.57. The molecular formula is C19H18N2O. The number of hydrogen-bond acceptors (Lipinski definition) is 2. The first-order valence-electron chi connectivity index (χ1n) is 7.41. The van der Waals surface area contributed by atoms with Gasteiger partial charge in [0.25, 0.3) is 0 Å². The SMILES string of the molecule is Cc1ccc2c(ccn2CCC(O)c2ccccc2C#N)c1. The molecule has 110 valence electrons. The van der Waals surface area contributed by atoms with E-state index in [4.69, 9.17) is 5.26 Å². The molecule has 1 atom stereocenters. The quantitative estimate of drug-likeness (QED) is 0.791. The van der Waals surface area contributed by atoms with Gasteiger partial charge in [-0.15, -0.1) is 0 Å². The van der Waals surface area contributed by atoms with Crippen LogP contribution in [-0.2, 0) is 6.54 Å². The second kappa shape index (κ2) is 6.05. The number of nitriles is 1. The summed E-state index contributed by atoms with van der Waals surface area (Å²) in [5, 5.41) is 20.7. The predicted octanol–water partition coefficient (Wildman–Crippen LogP) is 3.95. The molecule has 0 fully saturated rings. The molecule has 2 aromatic carbocycles. The standard InChI is InChI=1S/C19H18N2O/c1-14-6-7-18-15(12-14)8-10-21(18)11-9-19(22)17-5-3-2-4-16(17)13-20/h2-8,10,12,19,22H,9,11H2,1H3. The van der Waals surface area contributed by atoms with E-state index in [9.17, 15) is 5.11 Å². The fraction of sp³-hybridized carbons (Fsp3) is 0.211. The highest BCUT2D eigenvalue weighted by molar-refractivity contribution is 5.80. The van der Waals surface area contributed by atoms with Gasteiger partial charge in [0.2, 0.25) is 0 Å². The Labute approximate surface area is 130 Å². The molecule has 3 nitrogen and oxygen atoms in total. The number of fused-ring (bicyclic) bond motifs is 1. The van der Waals surface area contributed by atoms with Gasteiger partial charge < -0.3 is 9.67 Å². The average molecular weight is 290 g/mol. The molecule has 1 N–H and O–H groups in total. The van der Waals surface area contributed by atoms with Gasteiger partial charge in [0.1, 0.15) is 0 Å². The lowest BCUT2D eigenvalue weighted by Gasteiger charge is -2.13. The van der Waals surface area contributed by atoms with E-state index in [2.05, 4.69) is 41.8 Å². The van der Waals surface area contributed by atoms with Crippen molar-refractivity contribution in [2.45, 2.75) is 26.0 Å². The van der Waals surface area contributed by atoms with Crippen LogP contribution in [0.15, 0.2) is 54.7 Å². The monoisotopic (exact) mass is 290 g/mol. The Morgan fingerprint density at radius 2 is 2.00 bits per heavy atom. The van der Waals surface area contributed by atoms with Gasteiger partial charge in [0, 0.05) is 18.3 Å². The zero-order valence-electron chi connectivity index (χ0n) is 12.5. The summed E-state index contributed by atoms with van der Waals surface area (Å²) in [5.74, 6) is 0. The maximum atomic E-state index is 10.4. The van der Waals surface area contributed by atoms with Gasteiger partial charge in [-0.05, 0) is 48.6 Å². The minimum absolute atomic E-state index is 0.544. The van der Waals surface area contributed by atoms with Crippen LogP contribution in [-0.4, -0.2) is 9.67 Å². The third kappa shape index (κ3) is 2.74. The van der Waals surface area contributed by atoms with E-state index in [0.717, 1.165) is 0 Å². The molecule has 0 aliphatic heterocycles. The Morgan fingerprint density at radius 1 is 1.18 bits per heavy atom. The Morgan fingerprint density at radius 3 is 2.82 bits per heavy atom. The highest BCUT2D eigenvalue weighted by atomic mass is 16.3. The zero-order chi connectivity index (χ0) is 15.5.